The summed E-state index contributed by atoms with van der Waals surface area (Å²) >= 11 is 5.87. The monoisotopic (exact) mass is 476 g/mol. The van der Waals surface area contributed by atoms with E-state index in [9.17, 15) is 0 Å². The van der Waals surface area contributed by atoms with Gasteiger partial charge in [0.25, 0.3) is 5.34 Å². The third kappa shape index (κ3) is 7.50. The fourth-order valence-corrected chi connectivity index (χ4v) is 4.80. The maximum Gasteiger partial charge on any atom is 0.358 e. The Bertz CT molecular complexity index is 875. The van der Waals surface area contributed by atoms with Crippen molar-refractivity contribution in [2.24, 2.45) is 16.6 Å². The molecule has 174 valence electrons. The zero-order valence-electron chi connectivity index (χ0n) is 19.4. The van der Waals surface area contributed by atoms with E-state index in [0.29, 0.717) is 13.3 Å². The van der Waals surface area contributed by atoms with E-state index >= 15 is 0 Å². The molecule has 0 amide bonds. The summed E-state index contributed by atoms with van der Waals surface area (Å²) in [5.74, 6) is 1.62. The van der Waals surface area contributed by atoms with E-state index in [1.807, 2.05) is 53.1 Å². The average Bonchev–Trinajstić information content (AvgIpc) is 2.83. The van der Waals surface area contributed by atoms with Crippen molar-refractivity contribution >= 4 is 24.9 Å². The van der Waals surface area contributed by atoms with E-state index in [-0.39, 0.29) is 0 Å². The molecule has 32 heavy (non-hydrogen) atoms. The number of hydrogen-bond acceptors (Lipinski definition) is 7. The highest BCUT2D eigenvalue weighted by atomic mass is 32.4. The van der Waals surface area contributed by atoms with Gasteiger partial charge in [0.05, 0.1) is 20.4 Å². The van der Waals surface area contributed by atoms with Gasteiger partial charge in [-0.15, -0.1) is 9.88 Å². The minimum absolute atomic E-state index is 0.462. The van der Waals surface area contributed by atoms with Crippen LogP contribution in [0.5, 0.6) is 11.5 Å². The molecule has 0 saturated carbocycles. The van der Waals surface area contributed by atoms with Crippen LogP contribution in [0.4, 0.5) is 0 Å². The number of ether oxygens (including phenoxy) is 2. The number of benzene rings is 2. The lowest BCUT2D eigenvalue weighted by molar-refractivity contribution is 0.171. The van der Waals surface area contributed by atoms with Crippen LogP contribution in [0, 0.1) is 0 Å². The lowest BCUT2D eigenvalue weighted by Gasteiger charge is -2.23. The molecular formula is C23H35N5O2PS+. The summed E-state index contributed by atoms with van der Waals surface area (Å²) in [5, 5.41) is 4.04. The standard InChI is InChI=1S/C23H35N5O2PS/c1-5-23(2,30-22-12-6-19(7-13-22)14-15-28(17-24)18-25)31(32)27(3)26-16-20-8-10-21(29-4)11-9-20/h6-13,16H,5,14-15,17-18,24-25H2,1-4H3/q+1/b26-16+. The normalized spacial score (nSPS) is 13.8. The van der Waals surface area contributed by atoms with Gasteiger partial charge in [0.15, 0.2) is 11.8 Å². The molecule has 0 aliphatic rings. The highest BCUT2D eigenvalue weighted by Crippen LogP contribution is 2.45. The summed E-state index contributed by atoms with van der Waals surface area (Å²) in [7, 11) is 3.55. The molecule has 4 N–H and O–H groups in total. The minimum Gasteiger partial charge on any atom is -0.497 e. The predicted octanol–water partition coefficient (Wildman–Crippen LogP) is 3.70. The molecule has 2 unspecified atom stereocenters. The lowest BCUT2D eigenvalue weighted by atomic mass is 10.1. The van der Waals surface area contributed by atoms with Crippen LogP contribution in [0.2, 0.25) is 0 Å². The molecular weight excluding hydrogens is 441 g/mol. The number of rotatable bonds is 13. The second-order valence-corrected chi connectivity index (χ2v) is 10.7. The molecule has 0 saturated heterocycles. The maximum absolute atomic E-state index is 6.38. The van der Waals surface area contributed by atoms with Crippen LogP contribution in [0.3, 0.4) is 0 Å². The Morgan fingerprint density at radius 3 is 2.19 bits per heavy atom. The van der Waals surface area contributed by atoms with E-state index in [0.717, 1.165) is 36.4 Å². The predicted molar refractivity (Wildman–Crippen MR) is 137 cm³/mol. The fourth-order valence-electron chi connectivity index (χ4n) is 2.96. The number of hydrazone groups is 1. The molecule has 0 heterocycles. The molecule has 2 aromatic carbocycles. The Morgan fingerprint density at radius 1 is 1.06 bits per heavy atom. The van der Waals surface area contributed by atoms with Crippen LogP contribution in [0.25, 0.3) is 0 Å². The van der Waals surface area contributed by atoms with Crippen molar-refractivity contribution in [3.63, 3.8) is 0 Å². The third-order valence-electron chi connectivity index (χ3n) is 5.31. The molecule has 9 heteroatoms. The highest BCUT2D eigenvalue weighted by Gasteiger charge is 2.44. The van der Waals surface area contributed by atoms with Crippen molar-refractivity contribution in [2.45, 2.75) is 32.0 Å². The first kappa shape index (κ1) is 26.2. The third-order valence-corrected chi connectivity index (χ3v) is 9.02. The average molecular weight is 477 g/mol. The van der Waals surface area contributed by atoms with Gasteiger partial charge in [-0.3, -0.25) is 4.90 Å². The first-order chi connectivity index (χ1) is 15.3. The first-order valence-corrected chi connectivity index (χ1v) is 13.0. The van der Waals surface area contributed by atoms with Crippen LogP contribution in [-0.2, 0) is 18.2 Å². The minimum atomic E-state index is -1.11. The number of nitrogens with zero attached hydrogens (tertiary/aromatic N) is 3. The van der Waals surface area contributed by atoms with Crippen molar-refractivity contribution in [3.05, 3.63) is 59.7 Å². The molecule has 0 aliphatic heterocycles. The Hall–Kier alpha value is -2.09. The molecule has 0 bridgehead atoms. The summed E-state index contributed by atoms with van der Waals surface area (Å²) in [6.07, 6.45) is 3.46. The smallest absolute Gasteiger partial charge is 0.358 e. The summed E-state index contributed by atoms with van der Waals surface area (Å²) in [6, 6.07) is 15.9. The fraction of sp³-hybridized carbons (Fsp3) is 0.435. The molecule has 2 atom stereocenters. The van der Waals surface area contributed by atoms with Crippen LogP contribution in [0.15, 0.2) is 53.6 Å². The van der Waals surface area contributed by atoms with E-state index in [4.69, 9.17) is 32.7 Å². The van der Waals surface area contributed by atoms with Gasteiger partial charge in [0, 0.05) is 33.2 Å². The summed E-state index contributed by atoms with van der Waals surface area (Å²) in [6.45, 7) is 4.79. The van der Waals surface area contributed by atoms with Crippen LogP contribution in [0.1, 0.15) is 31.4 Å². The number of hydrogen-bond donors (Lipinski definition) is 2. The van der Waals surface area contributed by atoms with E-state index in [1.54, 1.807) is 13.3 Å². The van der Waals surface area contributed by atoms with Gasteiger partial charge >= 0.3 is 6.85 Å². The maximum atomic E-state index is 6.38. The van der Waals surface area contributed by atoms with Crippen LogP contribution >= 0.6 is 6.85 Å². The highest BCUT2D eigenvalue weighted by molar-refractivity contribution is 8.04. The van der Waals surface area contributed by atoms with E-state index < -0.39 is 12.2 Å². The first-order valence-electron chi connectivity index (χ1n) is 10.6. The van der Waals surface area contributed by atoms with Gasteiger partial charge in [-0.05, 0) is 53.9 Å². The SMILES string of the molecule is CCC(C)(Oc1ccc(CCN(CN)CN)cc1)[P+](=S)N(C)/N=C/c1ccc(OC)cc1. The van der Waals surface area contributed by atoms with Crippen molar-refractivity contribution < 1.29 is 9.47 Å². The van der Waals surface area contributed by atoms with E-state index in [2.05, 4.69) is 31.1 Å². The number of methoxy groups -OCH3 is 1. The summed E-state index contributed by atoms with van der Waals surface area (Å²) in [4.78, 5) is 1.99. The largest absolute Gasteiger partial charge is 0.497 e. The van der Waals surface area contributed by atoms with Crippen molar-refractivity contribution in [1.82, 2.24) is 9.68 Å². The summed E-state index contributed by atoms with van der Waals surface area (Å²) < 4.78 is 13.4. The molecule has 0 aromatic heterocycles. The van der Waals surface area contributed by atoms with Crippen LogP contribution < -0.4 is 20.9 Å². The molecule has 2 aromatic rings. The van der Waals surface area contributed by atoms with Gasteiger partial charge in [0.1, 0.15) is 11.5 Å². The molecule has 7 nitrogen and oxygen atoms in total. The molecule has 0 radical (unpaired) electrons. The van der Waals surface area contributed by atoms with Crippen molar-refractivity contribution in [3.8, 4) is 11.5 Å². The Kier molecular flexibility index (Phi) is 10.5. The second kappa shape index (κ2) is 12.8. The topological polar surface area (TPSA) is 89.3 Å². The Balaban J connectivity index is 2.01. The zero-order valence-corrected chi connectivity index (χ0v) is 21.1. The van der Waals surface area contributed by atoms with E-state index in [1.165, 1.54) is 5.56 Å². The van der Waals surface area contributed by atoms with Crippen LogP contribution in [-0.4, -0.2) is 55.3 Å². The molecule has 2 rings (SSSR count). The second-order valence-electron chi connectivity index (χ2n) is 7.56. The van der Waals surface area contributed by atoms with Gasteiger partial charge in [-0.25, -0.2) is 0 Å². The van der Waals surface area contributed by atoms with Gasteiger partial charge < -0.3 is 20.9 Å². The van der Waals surface area contributed by atoms with Gasteiger partial charge in [-0.1, -0.05) is 19.1 Å². The zero-order chi connectivity index (χ0) is 23.6. The number of nitrogens with two attached hydrogens (primary N) is 2. The van der Waals surface area contributed by atoms with Crippen molar-refractivity contribution in [1.29, 1.82) is 0 Å². The molecule has 0 spiro atoms. The van der Waals surface area contributed by atoms with Gasteiger partial charge in [-0.2, -0.15) is 0 Å². The quantitative estimate of drug-likeness (QED) is 0.197. The summed E-state index contributed by atoms with van der Waals surface area (Å²) in [5.41, 5.74) is 13.5. The lowest BCUT2D eigenvalue weighted by Crippen LogP contribution is -2.36. The molecule has 0 fully saturated rings. The molecule has 0 aliphatic carbocycles. The van der Waals surface area contributed by atoms with Gasteiger partial charge in [0.2, 0.25) is 0 Å². The van der Waals surface area contributed by atoms with Crippen molar-refractivity contribution in [2.75, 3.05) is 34.0 Å². The Labute approximate surface area is 197 Å². The Morgan fingerprint density at radius 2 is 1.66 bits per heavy atom.